The highest BCUT2D eigenvalue weighted by Crippen LogP contribution is 2.22. The second kappa shape index (κ2) is 5.79. The van der Waals surface area contributed by atoms with E-state index in [9.17, 15) is 4.79 Å². The highest BCUT2D eigenvalue weighted by Gasteiger charge is 2.26. The Morgan fingerprint density at radius 2 is 2.06 bits per heavy atom. The van der Waals surface area contributed by atoms with E-state index < -0.39 is 0 Å². The average Bonchev–Trinajstić information content (AvgIpc) is 2.38. The van der Waals surface area contributed by atoms with Crippen LogP contribution in [0.3, 0.4) is 0 Å². The molecule has 3 heteroatoms. The number of carbonyl (C=O) groups excluding carboxylic acids is 1. The maximum absolute atomic E-state index is 12.4. The zero-order chi connectivity index (χ0) is 13.1. The molecule has 1 unspecified atom stereocenters. The molecule has 0 bridgehead atoms. The van der Waals surface area contributed by atoms with Gasteiger partial charge in [-0.25, -0.2) is 0 Å². The summed E-state index contributed by atoms with van der Waals surface area (Å²) in [7, 11) is 0. The van der Waals surface area contributed by atoms with Crippen LogP contribution in [0.1, 0.15) is 29.8 Å². The van der Waals surface area contributed by atoms with Gasteiger partial charge >= 0.3 is 0 Å². The number of carbonyl (C=O) groups is 1. The summed E-state index contributed by atoms with van der Waals surface area (Å²) in [5.74, 6) is 2.06. The van der Waals surface area contributed by atoms with Crippen molar-refractivity contribution in [2.75, 3.05) is 18.8 Å². The summed E-state index contributed by atoms with van der Waals surface area (Å²) >= 11 is 4.40. The molecule has 0 fully saturated rings. The Balaban J connectivity index is 2.12. The Labute approximate surface area is 115 Å². The van der Waals surface area contributed by atoms with Crippen LogP contribution in [0.15, 0.2) is 24.3 Å². The van der Waals surface area contributed by atoms with E-state index in [1.807, 2.05) is 23.1 Å². The van der Waals surface area contributed by atoms with Gasteiger partial charge in [-0.15, -0.1) is 0 Å². The number of amides is 1. The predicted octanol–water partition coefficient (Wildman–Crippen LogP) is 2.89. The molecule has 1 amide bonds. The van der Waals surface area contributed by atoms with Gasteiger partial charge in [-0.1, -0.05) is 32.0 Å². The van der Waals surface area contributed by atoms with Gasteiger partial charge in [0.2, 0.25) is 0 Å². The Bertz CT molecular complexity index is 430. The summed E-state index contributed by atoms with van der Waals surface area (Å²) in [4.78, 5) is 14.4. The minimum atomic E-state index is 0.185. The molecule has 1 atom stereocenters. The summed E-state index contributed by atoms with van der Waals surface area (Å²) in [6, 6.07) is 7.95. The first-order chi connectivity index (χ1) is 8.63. The second-order valence-electron chi connectivity index (χ2n) is 5.34. The van der Waals surface area contributed by atoms with Crippen LogP contribution < -0.4 is 0 Å². The van der Waals surface area contributed by atoms with Gasteiger partial charge in [0.05, 0.1) is 0 Å². The number of hydrogen-bond donors (Lipinski definition) is 1. The molecule has 0 saturated heterocycles. The summed E-state index contributed by atoms with van der Waals surface area (Å²) in [5.41, 5.74) is 2.07. The Morgan fingerprint density at radius 3 is 2.72 bits per heavy atom. The van der Waals surface area contributed by atoms with Gasteiger partial charge in [0.1, 0.15) is 0 Å². The molecule has 1 aliphatic heterocycles. The van der Waals surface area contributed by atoms with Crippen molar-refractivity contribution >= 4 is 18.5 Å². The van der Waals surface area contributed by atoms with Crippen molar-refractivity contribution in [3.63, 3.8) is 0 Å². The Morgan fingerprint density at radius 1 is 1.33 bits per heavy atom. The monoisotopic (exact) mass is 263 g/mol. The molecule has 2 nitrogen and oxygen atoms in total. The van der Waals surface area contributed by atoms with Crippen LogP contribution in [0, 0.1) is 11.8 Å². The van der Waals surface area contributed by atoms with Crippen LogP contribution in [0.5, 0.6) is 0 Å². The molecule has 0 spiro atoms. The molecule has 0 aromatic heterocycles. The summed E-state index contributed by atoms with van der Waals surface area (Å²) in [6.45, 7) is 6.06. The number of benzene rings is 1. The van der Waals surface area contributed by atoms with Crippen LogP contribution >= 0.6 is 12.6 Å². The number of hydrogen-bond acceptors (Lipinski definition) is 2. The SMILES string of the molecule is CC(C)C(CS)CN1CCc2ccccc2C1=O. The first kappa shape index (κ1) is 13.5. The molecule has 1 aromatic rings. The third-order valence-electron chi connectivity index (χ3n) is 3.82. The van der Waals surface area contributed by atoms with Gasteiger partial charge in [-0.3, -0.25) is 4.79 Å². The third kappa shape index (κ3) is 2.72. The Hall–Kier alpha value is -0.960. The largest absolute Gasteiger partial charge is 0.338 e. The van der Waals surface area contributed by atoms with E-state index in [2.05, 4.69) is 32.5 Å². The van der Waals surface area contributed by atoms with Crippen molar-refractivity contribution in [3.05, 3.63) is 35.4 Å². The number of fused-ring (bicyclic) bond motifs is 1. The minimum absolute atomic E-state index is 0.185. The number of rotatable bonds is 4. The lowest BCUT2D eigenvalue weighted by Crippen LogP contribution is -2.42. The zero-order valence-electron chi connectivity index (χ0n) is 11.1. The summed E-state index contributed by atoms with van der Waals surface area (Å²) in [5, 5.41) is 0. The van der Waals surface area contributed by atoms with E-state index >= 15 is 0 Å². The van der Waals surface area contributed by atoms with Crippen LogP contribution in [0.25, 0.3) is 0 Å². The quantitative estimate of drug-likeness (QED) is 0.828. The normalized spacial score (nSPS) is 16.9. The number of nitrogens with zero attached hydrogens (tertiary/aromatic N) is 1. The van der Waals surface area contributed by atoms with Crippen molar-refractivity contribution in [2.24, 2.45) is 11.8 Å². The van der Waals surface area contributed by atoms with E-state index in [-0.39, 0.29) is 5.91 Å². The lowest BCUT2D eigenvalue weighted by molar-refractivity contribution is 0.0704. The second-order valence-corrected chi connectivity index (χ2v) is 5.71. The van der Waals surface area contributed by atoms with E-state index in [0.717, 1.165) is 30.8 Å². The maximum atomic E-state index is 12.4. The van der Waals surface area contributed by atoms with Crippen LogP contribution in [0.4, 0.5) is 0 Å². The fourth-order valence-corrected chi connectivity index (χ4v) is 2.95. The molecule has 1 heterocycles. The molecule has 0 saturated carbocycles. The van der Waals surface area contributed by atoms with Crippen molar-refractivity contribution in [2.45, 2.75) is 20.3 Å². The van der Waals surface area contributed by atoms with E-state index in [1.54, 1.807) is 0 Å². The standard InChI is InChI=1S/C15H21NOS/c1-11(2)13(10-18)9-16-8-7-12-5-3-4-6-14(12)15(16)17/h3-6,11,13,18H,7-10H2,1-2H3. The zero-order valence-corrected chi connectivity index (χ0v) is 12.0. The summed E-state index contributed by atoms with van der Waals surface area (Å²) < 4.78 is 0. The highest BCUT2D eigenvalue weighted by molar-refractivity contribution is 7.80. The first-order valence-corrected chi connectivity index (χ1v) is 7.24. The molecular formula is C15H21NOS. The van der Waals surface area contributed by atoms with Gasteiger partial charge in [0, 0.05) is 18.7 Å². The lowest BCUT2D eigenvalue weighted by Gasteiger charge is -2.32. The minimum Gasteiger partial charge on any atom is -0.338 e. The highest BCUT2D eigenvalue weighted by atomic mass is 32.1. The molecule has 1 aliphatic rings. The Kier molecular flexibility index (Phi) is 4.33. The molecule has 0 radical (unpaired) electrons. The molecule has 18 heavy (non-hydrogen) atoms. The van der Waals surface area contributed by atoms with E-state index in [1.165, 1.54) is 5.56 Å². The van der Waals surface area contributed by atoms with E-state index in [4.69, 9.17) is 0 Å². The topological polar surface area (TPSA) is 20.3 Å². The van der Waals surface area contributed by atoms with Gasteiger partial charge < -0.3 is 4.90 Å². The first-order valence-electron chi connectivity index (χ1n) is 6.61. The summed E-state index contributed by atoms with van der Waals surface area (Å²) in [6.07, 6.45) is 0.972. The van der Waals surface area contributed by atoms with Crippen LogP contribution in [-0.4, -0.2) is 29.6 Å². The molecular weight excluding hydrogens is 242 g/mol. The maximum Gasteiger partial charge on any atom is 0.254 e. The smallest absolute Gasteiger partial charge is 0.254 e. The fraction of sp³-hybridized carbons (Fsp3) is 0.533. The fourth-order valence-electron chi connectivity index (χ4n) is 2.41. The van der Waals surface area contributed by atoms with Gasteiger partial charge in [-0.05, 0) is 35.6 Å². The van der Waals surface area contributed by atoms with Crippen molar-refractivity contribution in [1.82, 2.24) is 4.90 Å². The molecule has 1 aromatic carbocycles. The molecule has 98 valence electrons. The lowest BCUT2D eigenvalue weighted by atomic mass is 9.94. The van der Waals surface area contributed by atoms with Crippen molar-refractivity contribution in [1.29, 1.82) is 0 Å². The van der Waals surface area contributed by atoms with Gasteiger partial charge in [0.15, 0.2) is 0 Å². The van der Waals surface area contributed by atoms with Crippen LogP contribution in [-0.2, 0) is 6.42 Å². The average molecular weight is 263 g/mol. The number of thiol groups is 1. The van der Waals surface area contributed by atoms with Gasteiger partial charge in [-0.2, -0.15) is 12.6 Å². The van der Waals surface area contributed by atoms with Crippen LogP contribution in [0.2, 0.25) is 0 Å². The predicted molar refractivity (Wildman–Crippen MR) is 78.2 cm³/mol. The van der Waals surface area contributed by atoms with Gasteiger partial charge in [0.25, 0.3) is 5.91 Å². The molecule has 2 rings (SSSR count). The molecule has 0 N–H and O–H groups in total. The third-order valence-corrected chi connectivity index (χ3v) is 4.29. The van der Waals surface area contributed by atoms with E-state index in [0.29, 0.717) is 11.8 Å². The van der Waals surface area contributed by atoms with Crippen molar-refractivity contribution < 1.29 is 4.79 Å². The molecule has 0 aliphatic carbocycles. The van der Waals surface area contributed by atoms with Crippen molar-refractivity contribution in [3.8, 4) is 0 Å².